The fourth-order valence-electron chi connectivity index (χ4n) is 4.45. The first-order valence-electron chi connectivity index (χ1n) is 11.0. The van der Waals surface area contributed by atoms with Crippen molar-refractivity contribution in [3.05, 3.63) is 82.5 Å². The Hall–Kier alpha value is -3.72. The molecule has 1 aliphatic carbocycles. The molecule has 1 atom stereocenters. The highest BCUT2D eigenvalue weighted by Gasteiger charge is 2.30. The van der Waals surface area contributed by atoms with Crippen LogP contribution >= 0.6 is 11.6 Å². The van der Waals surface area contributed by atoms with Crippen LogP contribution in [-0.4, -0.2) is 40.7 Å². The quantitative estimate of drug-likeness (QED) is 0.381. The van der Waals surface area contributed by atoms with Gasteiger partial charge in [-0.3, -0.25) is 0 Å². The molecule has 4 aromatic rings. The van der Waals surface area contributed by atoms with Crippen LogP contribution in [0.15, 0.2) is 48.9 Å². The van der Waals surface area contributed by atoms with Gasteiger partial charge in [0.05, 0.1) is 18.5 Å². The number of ether oxygens (including phenoxy) is 1. The van der Waals surface area contributed by atoms with Gasteiger partial charge < -0.3 is 19.5 Å². The molecule has 1 unspecified atom stereocenters. The highest BCUT2D eigenvalue weighted by Crippen LogP contribution is 2.41. The lowest BCUT2D eigenvalue weighted by atomic mass is 9.96. The fraction of sp³-hybridized carbons (Fsp3) is 0.240. The van der Waals surface area contributed by atoms with Crippen molar-refractivity contribution in [3.63, 3.8) is 0 Å². The van der Waals surface area contributed by atoms with Crippen LogP contribution in [0.5, 0.6) is 5.75 Å². The summed E-state index contributed by atoms with van der Waals surface area (Å²) in [7, 11) is 5.43. The van der Waals surface area contributed by atoms with Crippen LogP contribution in [0.25, 0.3) is 5.69 Å². The Morgan fingerprint density at radius 3 is 2.63 bits per heavy atom. The summed E-state index contributed by atoms with van der Waals surface area (Å²) >= 11 is 5.96. The van der Waals surface area contributed by atoms with E-state index in [4.69, 9.17) is 26.3 Å². The third kappa shape index (κ3) is 4.39. The molecule has 10 heteroatoms. The normalized spacial score (nSPS) is 14.6. The molecule has 5 rings (SSSR count). The lowest BCUT2D eigenvalue weighted by molar-refractivity contribution is 0.413. The van der Waals surface area contributed by atoms with E-state index in [0.717, 1.165) is 47.4 Å². The number of anilines is 3. The molecule has 0 spiro atoms. The molecule has 2 aromatic heterocycles. The van der Waals surface area contributed by atoms with Gasteiger partial charge in [-0.15, -0.1) is 0 Å². The van der Waals surface area contributed by atoms with Crippen molar-refractivity contribution in [1.29, 1.82) is 0 Å². The molecule has 0 bridgehead atoms. The average Bonchev–Trinajstić information content (AvgIpc) is 3.46. The highest BCUT2D eigenvalue weighted by atomic mass is 35.5. The maximum absolute atomic E-state index is 14.0. The van der Waals surface area contributed by atoms with E-state index in [0.29, 0.717) is 22.4 Å². The summed E-state index contributed by atoms with van der Waals surface area (Å²) in [6.45, 7) is 0. The number of aromatic nitrogens is 4. The first-order chi connectivity index (χ1) is 16.8. The number of hydrogen-bond acceptors (Lipinski definition) is 6. The van der Waals surface area contributed by atoms with Gasteiger partial charge in [0.25, 0.3) is 0 Å². The lowest BCUT2D eigenvalue weighted by Crippen LogP contribution is -2.16. The zero-order valence-corrected chi connectivity index (χ0v) is 20.1. The van der Waals surface area contributed by atoms with Crippen molar-refractivity contribution < 1.29 is 13.5 Å². The lowest BCUT2D eigenvalue weighted by Gasteiger charge is -2.19. The molecule has 0 saturated heterocycles. The van der Waals surface area contributed by atoms with E-state index < -0.39 is 11.6 Å². The second-order valence-corrected chi connectivity index (χ2v) is 8.90. The van der Waals surface area contributed by atoms with E-state index in [1.54, 1.807) is 30.3 Å². The zero-order valence-electron chi connectivity index (χ0n) is 19.4. The molecule has 2 aromatic carbocycles. The highest BCUT2D eigenvalue weighted by molar-refractivity contribution is 6.29. The molecule has 35 heavy (non-hydrogen) atoms. The van der Waals surface area contributed by atoms with Gasteiger partial charge in [0, 0.05) is 43.5 Å². The monoisotopic (exact) mass is 496 g/mol. The molecule has 180 valence electrons. The number of imidazole rings is 1. The van der Waals surface area contributed by atoms with Crippen LogP contribution < -0.4 is 15.0 Å². The Kier molecular flexibility index (Phi) is 6.02. The minimum absolute atomic E-state index is 0.148. The number of hydrogen-bond donors (Lipinski definition) is 1. The predicted molar refractivity (Wildman–Crippen MR) is 131 cm³/mol. The number of halogens is 3. The standard InChI is InChI=1S/C25H23ClF2N6O/c1-33(2)24-17-7-6-16(14-4-8-18(27)19(28)10-14)23(17)31-25(32-24)30-15-5-9-20(21(11-15)35-3)34-12-22(26)29-13-34/h4-5,8-13,16H,6-7H2,1-3H3,(H,30,31,32). The molecule has 1 N–H and O–H groups in total. The van der Waals surface area contributed by atoms with E-state index in [1.807, 2.05) is 37.2 Å². The van der Waals surface area contributed by atoms with Crippen LogP contribution in [0.2, 0.25) is 5.15 Å². The Morgan fingerprint density at radius 1 is 1.11 bits per heavy atom. The van der Waals surface area contributed by atoms with Gasteiger partial charge in [0.15, 0.2) is 11.6 Å². The van der Waals surface area contributed by atoms with Crippen LogP contribution in [0.3, 0.4) is 0 Å². The van der Waals surface area contributed by atoms with Crippen LogP contribution in [0.1, 0.15) is 29.2 Å². The molecule has 1 aliphatic rings. The number of benzene rings is 2. The van der Waals surface area contributed by atoms with Crippen LogP contribution in [0, 0.1) is 11.6 Å². The minimum atomic E-state index is -0.860. The molecular weight excluding hydrogens is 474 g/mol. The van der Waals surface area contributed by atoms with Crippen LogP contribution in [-0.2, 0) is 6.42 Å². The van der Waals surface area contributed by atoms with Gasteiger partial charge >= 0.3 is 0 Å². The summed E-state index contributed by atoms with van der Waals surface area (Å²) in [5.41, 5.74) is 4.03. The van der Waals surface area contributed by atoms with Crippen molar-refractivity contribution in [1.82, 2.24) is 19.5 Å². The number of fused-ring (bicyclic) bond motifs is 1. The van der Waals surface area contributed by atoms with Gasteiger partial charge in [-0.1, -0.05) is 17.7 Å². The van der Waals surface area contributed by atoms with E-state index in [1.165, 1.54) is 6.07 Å². The maximum atomic E-state index is 14.0. The van der Waals surface area contributed by atoms with Crippen molar-refractivity contribution in [2.24, 2.45) is 0 Å². The van der Waals surface area contributed by atoms with Gasteiger partial charge in [-0.25, -0.2) is 18.7 Å². The Balaban J connectivity index is 1.51. The molecule has 7 nitrogen and oxygen atoms in total. The smallest absolute Gasteiger partial charge is 0.229 e. The van der Waals surface area contributed by atoms with Gasteiger partial charge in [0.1, 0.15) is 23.0 Å². The van der Waals surface area contributed by atoms with Gasteiger partial charge in [-0.2, -0.15) is 4.98 Å². The van der Waals surface area contributed by atoms with Crippen molar-refractivity contribution in [2.45, 2.75) is 18.8 Å². The molecule has 0 saturated carbocycles. The van der Waals surface area contributed by atoms with Gasteiger partial charge in [0.2, 0.25) is 5.95 Å². The summed E-state index contributed by atoms with van der Waals surface area (Å²) < 4.78 is 34.8. The largest absolute Gasteiger partial charge is 0.494 e. The van der Waals surface area contributed by atoms with E-state index in [-0.39, 0.29) is 5.92 Å². The molecule has 2 heterocycles. The number of methoxy groups -OCH3 is 1. The summed E-state index contributed by atoms with van der Waals surface area (Å²) in [6.07, 6.45) is 4.80. The van der Waals surface area contributed by atoms with Crippen molar-refractivity contribution in [2.75, 3.05) is 31.4 Å². The summed E-state index contributed by atoms with van der Waals surface area (Å²) in [5, 5.41) is 3.65. The second-order valence-electron chi connectivity index (χ2n) is 8.51. The molecular formula is C25H23ClF2N6O. The average molecular weight is 497 g/mol. The van der Waals surface area contributed by atoms with E-state index >= 15 is 0 Å². The Labute approximate surface area is 206 Å². The van der Waals surface area contributed by atoms with Gasteiger partial charge in [-0.05, 0) is 42.7 Å². The number of rotatable bonds is 6. The van der Waals surface area contributed by atoms with E-state index in [9.17, 15) is 8.78 Å². The minimum Gasteiger partial charge on any atom is -0.494 e. The Bertz CT molecular complexity index is 1410. The first-order valence-corrected chi connectivity index (χ1v) is 11.4. The molecule has 0 radical (unpaired) electrons. The fourth-order valence-corrected chi connectivity index (χ4v) is 4.60. The third-order valence-electron chi connectivity index (χ3n) is 6.07. The van der Waals surface area contributed by atoms with Crippen molar-refractivity contribution in [3.8, 4) is 11.4 Å². The van der Waals surface area contributed by atoms with Crippen LogP contribution in [0.4, 0.5) is 26.2 Å². The maximum Gasteiger partial charge on any atom is 0.229 e. The molecule has 0 amide bonds. The van der Waals surface area contributed by atoms with Crippen molar-refractivity contribution >= 4 is 29.1 Å². The topological polar surface area (TPSA) is 68.1 Å². The van der Waals surface area contributed by atoms with E-state index in [2.05, 4.69) is 10.3 Å². The number of nitrogens with one attached hydrogen (secondary N) is 1. The second kappa shape index (κ2) is 9.14. The molecule has 0 aliphatic heterocycles. The Morgan fingerprint density at radius 2 is 1.94 bits per heavy atom. The summed E-state index contributed by atoms with van der Waals surface area (Å²) in [6, 6.07) is 9.63. The number of nitrogens with zero attached hydrogens (tertiary/aromatic N) is 5. The third-order valence-corrected chi connectivity index (χ3v) is 6.26. The summed E-state index contributed by atoms with van der Waals surface area (Å²) in [4.78, 5) is 15.5. The molecule has 0 fully saturated rings. The zero-order chi connectivity index (χ0) is 24.7. The predicted octanol–water partition coefficient (Wildman–Crippen LogP) is 5.49. The summed E-state index contributed by atoms with van der Waals surface area (Å²) in [5.74, 6) is -0.0616. The first kappa shape index (κ1) is 23.0. The SMILES string of the molecule is COc1cc(Nc2nc3c(c(N(C)C)n2)CCC3c2ccc(F)c(F)c2)ccc1-n1cnc(Cl)c1.